The summed E-state index contributed by atoms with van der Waals surface area (Å²) in [6, 6.07) is 10.6. The van der Waals surface area contributed by atoms with Gasteiger partial charge in [0, 0.05) is 52.4 Å². The zero-order chi connectivity index (χ0) is 17.5. The molecule has 0 aliphatic carbocycles. The molecule has 1 amide bonds. The predicted octanol–water partition coefficient (Wildman–Crippen LogP) is 1.26. The van der Waals surface area contributed by atoms with Crippen molar-refractivity contribution in [2.45, 2.75) is 19.4 Å². The summed E-state index contributed by atoms with van der Waals surface area (Å²) in [5.41, 5.74) is 1.36. The van der Waals surface area contributed by atoms with Gasteiger partial charge in [-0.05, 0) is 32.0 Å². The van der Waals surface area contributed by atoms with Crippen LogP contribution in [0.1, 0.15) is 18.4 Å². The Morgan fingerprint density at radius 1 is 1.20 bits per heavy atom. The number of piperidine rings is 1. The van der Waals surface area contributed by atoms with Crippen molar-refractivity contribution in [2.24, 2.45) is 5.92 Å². The maximum atomic E-state index is 12.6. The Kier molecular flexibility index (Phi) is 6.84. The number of likely N-dealkylation sites (N-methyl/N-ethyl adjacent to an activating group) is 1. The van der Waals surface area contributed by atoms with Gasteiger partial charge in [0.05, 0.1) is 5.92 Å². The number of carbonyl (C=O) groups excluding carboxylic acids is 1. The highest BCUT2D eigenvalue weighted by Gasteiger charge is 2.28. The highest BCUT2D eigenvalue weighted by molar-refractivity contribution is 5.79. The van der Waals surface area contributed by atoms with Crippen LogP contribution in [0.25, 0.3) is 0 Å². The molecule has 5 heteroatoms. The Hall–Kier alpha value is -1.43. The number of hydrogen-bond acceptors (Lipinski definition) is 4. The van der Waals surface area contributed by atoms with Crippen LogP contribution < -0.4 is 5.32 Å². The second kappa shape index (κ2) is 9.32. The minimum absolute atomic E-state index is 0.206. The molecule has 2 aliphatic heterocycles. The number of nitrogens with zero attached hydrogens (tertiary/aromatic N) is 3. The lowest BCUT2D eigenvalue weighted by Crippen LogP contribution is -2.53. The fraction of sp³-hybridized carbons (Fsp3) is 0.650. The van der Waals surface area contributed by atoms with Gasteiger partial charge in [0.25, 0.3) is 0 Å². The molecule has 1 aromatic carbocycles. The minimum atomic E-state index is 0.206. The van der Waals surface area contributed by atoms with Crippen LogP contribution in [0.2, 0.25) is 0 Å². The number of rotatable bonds is 6. The summed E-state index contributed by atoms with van der Waals surface area (Å²) in [6.45, 7) is 8.85. The number of piperazine rings is 1. The van der Waals surface area contributed by atoms with Crippen LogP contribution in [0.5, 0.6) is 0 Å². The second-order valence-corrected chi connectivity index (χ2v) is 7.43. The summed E-state index contributed by atoms with van der Waals surface area (Å²) in [5, 5.41) is 3.35. The van der Waals surface area contributed by atoms with Gasteiger partial charge in [0.2, 0.25) is 5.91 Å². The van der Waals surface area contributed by atoms with E-state index in [-0.39, 0.29) is 5.92 Å². The van der Waals surface area contributed by atoms with Crippen LogP contribution in [0.15, 0.2) is 30.3 Å². The predicted molar refractivity (Wildman–Crippen MR) is 101 cm³/mol. The SMILES string of the molecule is CN(CCN1CCN(C(=O)C2CCCNC2)CC1)Cc1ccccc1. The maximum Gasteiger partial charge on any atom is 0.227 e. The van der Waals surface area contributed by atoms with E-state index in [1.165, 1.54) is 5.56 Å². The average Bonchev–Trinajstić information content (AvgIpc) is 2.68. The molecule has 0 radical (unpaired) electrons. The van der Waals surface area contributed by atoms with Crippen LogP contribution >= 0.6 is 0 Å². The monoisotopic (exact) mass is 344 g/mol. The van der Waals surface area contributed by atoms with E-state index in [2.05, 4.69) is 57.4 Å². The smallest absolute Gasteiger partial charge is 0.227 e. The van der Waals surface area contributed by atoms with E-state index in [1.54, 1.807) is 0 Å². The highest BCUT2D eigenvalue weighted by atomic mass is 16.2. The summed E-state index contributed by atoms with van der Waals surface area (Å²) in [5.74, 6) is 0.574. The largest absolute Gasteiger partial charge is 0.340 e. The third-order valence-corrected chi connectivity index (χ3v) is 5.42. The molecule has 0 bridgehead atoms. The van der Waals surface area contributed by atoms with E-state index in [0.29, 0.717) is 5.91 Å². The van der Waals surface area contributed by atoms with Gasteiger partial charge in [0.15, 0.2) is 0 Å². The van der Waals surface area contributed by atoms with E-state index in [1.807, 2.05) is 0 Å². The van der Waals surface area contributed by atoms with Crippen molar-refractivity contribution in [3.8, 4) is 0 Å². The molecule has 2 saturated heterocycles. The molecule has 2 fully saturated rings. The van der Waals surface area contributed by atoms with Gasteiger partial charge in [-0.15, -0.1) is 0 Å². The Balaban J connectivity index is 1.35. The van der Waals surface area contributed by atoms with Gasteiger partial charge < -0.3 is 15.1 Å². The molecule has 1 atom stereocenters. The van der Waals surface area contributed by atoms with Crippen molar-refractivity contribution in [2.75, 3.05) is 59.4 Å². The maximum absolute atomic E-state index is 12.6. The normalized spacial score (nSPS) is 22.3. The molecule has 5 nitrogen and oxygen atoms in total. The van der Waals surface area contributed by atoms with Gasteiger partial charge in [-0.25, -0.2) is 0 Å². The third-order valence-electron chi connectivity index (χ3n) is 5.42. The number of hydrogen-bond donors (Lipinski definition) is 1. The summed E-state index contributed by atoms with van der Waals surface area (Å²) in [7, 11) is 2.18. The summed E-state index contributed by atoms with van der Waals surface area (Å²) in [4.78, 5) is 19.5. The molecule has 0 aromatic heterocycles. The van der Waals surface area contributed by atoms with Gasteiger partial charge in [-0.1, -0.05) is 30.3 Å². The second-order valence-electron chi connectivity index (χ2n) is 7.43. The average molecular weight is 345 g/mol. The molecule has 25 heavy (non-hydrogen) atoms. The molecule has 1 unspecified atom stereocenters. The van der Waals surface area contributed by atoms with Crippen molar-refractivity contribution in [1.82, 2.24) is 20.0 Å². The van der Waals surface area contributed by atoms with Gasteiger partial charge in [0.1, 0.15) is 0 Å². The Morgan fingerprint density at radius 3 is 2.64 bits per heavy atom. The van der Waals surface area contributed by atoms with Gasteiger partial charge in [-0.3, -0.25) is 9.69 Å². The summed E-state index contributed by atoms with van der Waals surface area (Å²) >= 11 is 0. The molecule has 2 heterocycles. The van der Waals surface area contributed by atoms with Crippen LogP contribution in [0.4, 0.5) is 0 Å². The van der Waals surface area contributed by atoms with Crippen LogP contribution in [-0.4, -0.2) is 80.0 Å². The fourth-order valence-corrected chi connectivity index (χ4v) is 3.80. The Labute approximate surface area is 152 Å². The lowest BCUT2D eigenvalue weighted by atomic mass is 9.98. The van der Waals surface area contributed by atoms with Crippen molar-refractivity contribution in [1.29, 1.82) is 0 Å². The standard InChI is InChI=1S/C20H32N4O/c1-22(17-18-6-3-2-4-7-18)10-11-23-12-14-24(15-13-23)20(25)19-8-5-9-21-16-19/h2-4,6-7,19,21H,5,8-17H2,1H3. The number of amides is 1. The first-order valence-electron chi connectivity index (χ1n) is 9.67. The van der Waals surface area contributed by atoms with Crippen molar-refractivity contribution >= 4 is 5.91 Å². The van der Waals surface area contributed by atoms with Crippen molar-refractivity contribution in [3.63, 3.8) is 0 Å². The van der Waals surface area contributed by atoms with E-state index in [4.69, 9.17) is 0 Å². The fourth-order valence-electron chi connectivity index (χ4n) is 3.80. The molecular weight excluding hydrogens is 312 g/mol. The van der Waals surface area contributed by atoms with Gasteiger partial charge >= 0.3 is 0 Å². The van der Waals surface area contributed by atoms with E-state index in [9.17, 15) is 4.79 Å². The zero-order valence-electron chi connectivity index (χ0n) is 15.5. The first-order chi connectivity index (χ1) is 12.2. The van der Waals surface area contributed by atoms with Gasteiger partial charge in [-0.2, -0.15) is 0 Å². The molecule has 3 rings (SSSR count). The lowest BCUT2D eigenvalue weighted by molar-refractivity contribution is -0.137. The summed E-state index contributed by atoms with van der Waals surface area (Å²) < 4.78 is 0. The zero-order valence-corrected chi connectivity index (χ0v) is 15.5. The van der Waals surface area contributed by atoms with Crippen LogP contribution in [0, 0.1) is 5.92 Å². The third kappa shape index (κ3) is 5.53. The first kappa shape index (κ1) is 18.4. The molecule has 0 spiro atoms. The quantitative estimate of drug-likeness (QED) is 0.843. The minimum Gasteiger partial charge on any atom is -0.340 e. The topological polar surface area (TPSA) is 38.8 Å². The highest BCUT2D eigenvalue weighted by Crippen LogP contribution is 2.15. The summed E-state index contributed by atoms with van der Waals surface area (Å²) in [6.07, 6.45) is 2.18. The first-order valence-corrected chi connectivity index (χ1v) is 9.67. The number of carbonyl (C=O) groups is 1. The molecule has 0 saturated carbocycles. The molecule has 138 valence electrons. The Bertz CT molecular complexity index is 522. The number of benzene rings is 1. The molecular formula is C20H32N4O. The molecule has 1 N–H and O–H groups in total. The van der Waals surface area contributed by atoms with Crippen molar-refractivity contribution < 1.29 is 4.79 Å². The Morgan fingerprint density at radius 2 is 1.96 bits per heavy atom. The van der Waals surface area contributed by atoms with Crippen LogP contribution in [-0.2, 0) is 11.3 Å². The molecule has 2 aliphatic rings. The lowest BCUT2D eigenvalue weighted by Gasteiger charge is -2.37. The molecule has 1 aromatic rings. The van der Waals surface area contributed by atoms with E-state index >= 15 is 0 Å². The van der Waals surface area contributed by atoms with E-state index < -0.39 is 0 Å². The van der Waals surface area contributed by atoms with E-state index in [0.717, 1.165) is 71.7 Å². The van der Waals surface area contributed by atoms with Crippen molar-refractivity contribution in [3.05, 3.63) is 35.9 Å². The van der Waals surface area contributed by atoms with Crippen LogP contribution in [0.3, 0.4) is 0 Å². The number of nitrogens with one attached hydrogen (secondary N) is 1.